The molecule has 2 aliphatic rings. The Hall–Kier alpha value is -3.86. The summed E-state index contributed by atoms with van der Waals surface area (Å²) in [5.74, 6) is -0.319. The van der Waals surface area contributed by atoms with Crippen LogP contribution in [-0.4, -0.2) is 22.8 Å². The zero-order valence-corrected chi connectivity index (χ0v) is 15.7. The number of nitrogens with zero attached hydrogens (tertiary/aromatic N) is 3. The van der Waals surface area contributed by atoms with Gasteiger partial charge in [0.15, 0.2) is 0 Å². The molecule has 5 nitrogen and oxygen atoms in total. The van der Waals surface area contributed by atoms with Crippen LogP contribution in [0.15, 0.2) is 65.8 Å². The number of nitriles is 1. The summed E-state index contributed by atoms with van der Waals surface area (Å²) in [7, 11) is 0. The summed E-state index contributed by atoms with van der Waals surface area (Å²) in [5, 5.41) is 17.8. The van der Waals surface area contributed by atoms with Crippen molar-refractivity contribution in [2.24, 2.45) is 5.10 Å². The van der Waals surface area contributed by atoms with Crippen LogP contribution in [0.5, 0.6) is 0 Å². The minimum atomic E-state index is -4.41. The molecule has 8 heteroatoms. The number of nitrogens with one attached hydrogen (secondary N) is 1. The fraction of sp³-hybridized carbons (Fsp3) is 0.136. The van der Waals surface area contributed by atoms with Crippen LogP contribution in [0, 0.1) is 11.3 Å². The van der Waals surface area contributed by atoms with Crippen molar-refractivity contribution in [2.45, 2.75) is 19.3 Å². The molecule has 0 bridgehead atoms. The predicted molar refractivity (Wildman–Crippen MR) is 105 cm³/mol. The van der Waals surface area contributed by atoms with Gasteiger partial charge in [0.25, 0.3) is 5.91 Å². The van der Waals surface area contributed by atoms with Gasteiger partial charge in [-0.2, -0.15) is 23.5 Å². The first-order chi connectivity index (χ1) is 14.3. The average Bonchev–Trinajstić information content (AvgIpc) is 2.73. The quantitative estimate of drug-likeness (QED) is 0.812. The number of hydrogen-bond acceptors (Lipinski definition) is 4. The highest BCUT2D eigenvalue weighted by Gasteiger charge is 2.32. The Morgan fingerprint density at radius 1 is 1.07 bits per heavy atom. The smallest absolute Gasteiger partial charge is 0.360 e. The summed E-state index contributed by atoms with van der Waals surface area (Å²) in [4.78, 5) is 12.6. The van der Waals surface area contributed by atoms with Gasteiger partial charge >= 0.3 is 6.18 Å². The van der Waals surface area contributed by atoms with E-state index >= 15 is 0 Å². The molecule has 0 saturated carbocycles. The average molecular weight is 408 g/mol. The third kappa shape index (κ3) is 3.57. The minimum Gasteiger partial charge on any atom is -0.360 e. The maximum absolute atomic E-state index is 12.8. The monoisotopic (exact) mass is 408 g/mol. The Morgan fingerprint density at radius 2 is 1.70 bits per heavy atom. The van der Waals surface area contributed by atoms with Crippen molar-refractivity contribution in [1.82, 2.24) is 10.3 Å². The normalized spacial score (nSPS) is 18.5. The zero-order valence-electron chi connectivity index (χ0n) is 15.7. The van der Waals surface area contributed by atoms with Gasteiger partial charge in [0, 0.05) is 17.3 Å². The maximum atomic E-state index is 12.8. The van der Waals surface area contributed by atoms with Gasteiger partial charge in [0.05, 0.1) is 22.9 Å². The van der Waals surface area contributed by atoms with Gasteiger partial charge in [-0.05, 0) is 48.4 Å². The number of alkyl halides is 3. The molecule has 0 aromatic heterocycles. The molecule has 0 aliphatic carbocycles. The summed E-state index contributed by atoms with van der Waals surface area (Å²) in [6, 6.07) is 13.7. The number of benzene rings is 2. The van der Waals surface area contributed by atoms with Gasteiger partial charge in [-0.15, -0.1) is 0 Å². The first-order valence-corrected chi connectivity index (χ1v) is 9.03. The second kappa shape index (κ2) is 7.19. The molecule has 1 amide bonds. The van der Waals surface area contributed by atoms with Crippen LogP contribution in [0.2, 0.25) is 0 Å². The summed E-state index contributed by atoms with van der Waals surface area (Å²) < 4.78 is 38.5. The molecule has 0 fully saturated rings. The van der Waals surface area contributed by atoms with Crippen LogP contribution in [0.3, 0.4) is 0 Å². The van der Waals surface area contributed by atoms with Crippen molar-refractivity contribution < 1.29 is 18.0 Å². The van der Waals surface area contributed by atoms with E-state index in [9.17, 15) is 18.0 Å². The van der Waals surface area contributed by atoms with E-state index in [1.165, 1.54) is 23.2 Å². The highest BCUT2D eigenvalue weighted by atomic mass is 19.4. The lowest BCUT2D eigenvalue weighted by atomic mass is 9.97. The van der Waals surface area contributed by atoms with Crippen molar-refractivity contribution in [3.8, 4) is 6.07 Å². The van der Waals surface area contributed by atoms with E-state index in [1.807, 2.05) is 6.07 Å². The second-order valence-corrected chi connectivity index (χ2v) is 6.86. The molecule has 2 heterocycles. The van der Waals surface area contributed by atoms with Crippen LogP contribution in [0.25, 0.3) is 11.3 Å². The lowest BCUT2D eigenvalue weighted by Gasteiger charge is -2.35. The molecule has 2 aromatic rings. The molecule has 2 aromatic carbocycles. The molecule has 2 aliphatic heterocycles. The van der Waals surface area contributed by atoms with E-state index in [0.29, 0.717) is 28.1 Å². The molecular weight excluding hydrogens is 393 g/mol. The Morgan fingerprint density at radius 3 is 2.30 bits per heavy atom. The number of allylic oxidation sites excluding steroid dienone is 1. The predicted octanol–water partition coefficient (Wildman–Crippen LogP) is 4.15. The van der Waals surface area contributed by atoms with Crippen LogP contribution in [0.4, 0.5) is 13.2 Å². The fourth-order valence-electron chi connectivity index (χ4n) is 3.34. The van der Waals surface area contributed by atoms with E-state index in [1.54, 1.807) is 37.3 Å². The van der Waals surface area contributed by atoms with Crippen LogP contribution in [0.1, 0.15) is 29.2 Å². The van der Waals surface area contributed by atoms with Crippen LogP contribution >= 0.6 is 0 Å². The molecule has 0 spiro atoms. The van der Waals surface area contributed by atoms with Crippen molar-refractivity contribution in [1.29, 1.82) is 5.26 Å². The molecule has 1 N–H and O–H groups in total. The van der Waals surface area contributed by atoms with Crippen LogP contribution < -0.4 is 5.32 Å². The molecule has 150 valence electrons. The van der Waals surface area contributed by atoms with Gasteiger partial charge < -0.3 is 5.32 Å². The van der Waals surface area contributed by atoms with E-state index in [-0.39, 0.29) is 5.91 Å². The SMILES string of the molecule is CC1=NN2C(=O)C=C(c3ccc(C#N)cc3)NC2C=C1c1ccc(C(F)(F)F)cc1. The number of carbonyl (C=O) groups is 1. The number of carbonyl (C=O) groups excluding carboxylic acids is 1. The highest BCUT2D eigenvalue weighted by molar-refractivity contribution is 6.23. The van der Waals surface area contributed by atoms with E-state index < -0.39 is 17.9 Å². The number of fused-ring (bicyclic) bond motifs is 1. The van der Waals surface area contributed by atoms with E-state index in [4.69, 9.17) is 5.26 Å². The zero-order chi connectivity index (χ0) is 21.5. The maximum Gasteiger partial charge on any atom is 0.416 e. The third-order valence-electron chi connectivity index (χ3n) is 4.88. The first kappa shape index (κ1) is 19.5. The standard InChI is InChI=1S/C22H15F3N4O/c1-13-18(15-6-8-17(9-7-15)22(23,24)25)10-20-27-19(11-21(30)29(20)28-13)16-4-2-14(12-26)3-5-16/h2-11,20,27H,1H3. The largest absolute Gasteiger partial charge is 0.416 e. The van der Waals surface area contributed by atoms with Gasteiger partial charge in [0.2, 0.25) is 0 Å². The van der Waals surface area contributed by atoms with Crippen molar-refractivity contribution >= 4 is 22.9 Å². The first-order valence-electron chi connectivity index (χ1n) is 9.03. The van der Waals surface area contributed by atoms with E-state index in [0.717, 1.165) is 17.7 Å². The number of halogens is 3. The summed E-state index contributed by atoms with van der Waals surface area (Å²) >= 11 is 0. The number of hydrazone groups is 1. The third-order valence-corrected chi connectivity index (χ3v) is 4.88. The van der Waals surface area contributed by atoms with E-state index in [2.05, 4.69) is 10.4 Å². The Labute approximate surface area is 170 Å². The topological polar surface area (TPSA) is 68.5 Å². The van der Waals surface area contributed by atoms with Gasteiger partial charge in [0.1, 0.15) is 6.17 Å². The van der Waals surface area contributed by atoms with Crippen molar-refractivity contribution in [3.63, 3.8) is 0 Å². The molecule has 0 saturated heterocycles. The Kier molecular flexibility index (Phi) is 4.66. The Bertz CT molecular complexity index is 1140. The second-order valence-electron chi connectivity index (χ2n) is 6.86. The minimum absolute atomic E-state index is 0.319. The molecule has 30 heavy (non-hydrogen) atoms. The number of rotatable bonds is 2. The summed E-state index contributed by atoms with van der Waals surface area (Å²) in [5.41, 5.74) is 2.83. The van der Waals surface area contributed by atoms with Gasteiger partial charge in [-0.25, -0.2) is 5.01 Å². The van der Waals surface area contributed by atoms with Gasteiger partial charge in [-0.1, -0.05) is 24.3 Å². The fourth-order valence-corrected chi connectivity index (χ4v) is 3.34. The Balaban J connectivity index is 1.65. The number of amides is 1. The van der Waals surface area contributed by atoms with Crippen LogP contribution in [-0.2, 0) is 11.0 Å². The number of hydrogen-bond donors (Lipinski definition) is 1. The lowest BCUT2D eigenvalue weighted by Crippen LogP contribution is -2.49. The molecule has 1 atom stereocenters. The molecule has 4 rings (SSSR count). The molecule has 1 unspecified atom stereocenters. The molecular formula is C22H15F3N4O. The van der Waals surface area contributed by atoms with Gasteiger partial charge in [-0.3, -0.25) is 4.79 Å². The van der Waals surface area contributed by atoms with Crippen molar-refractivity contribution in [2.75, 3.05) is 0 Å². The summed E-state index contributed by atoms with van der Waals surface area (Å²) in [6.07, 6.45) is -1.81. The van der Waals surface area contributed by atoms with Crippen molar-refractivity contribution in [3.05, 3.63) is 82.9 Å². The summed E-state index contributed by atoms with van der Waals surface area (Å²) in [6.45, 7) is 1.70. The molecule has 0 radical (unpaired) electrons. The lowest BCUT2D eigenvalue weighted by molar-refractivity contribution is -0.137. The highest BCUT2D eigenvalue weighted by Crippen LogP contribution is 2.32.